The lowest BCUT2D eigenvalue weighted by atomic mass is 9.54. The quantitative estimate of drug-likeness (QED) is 0.147. The summed E-state index contributed by atoms with van der Waals surface area (Å²) in [5, 5.41) is 66.5. The summed E-state index contributed by atoms with van der Waals surface area (Å²) in [5.41, 5.74) is -1.88. The molecule has 3 aliphatic rings. The number of aliphatic hydroxyl groups is 5. The number of nitrogens with two attached hydrogens (primary N) is 1. The zero-order valence-electron chi connectivity index (χ0n) is 19.0. The van der Waals surface area contributed by atoms with E-state index in [4.69, 9.17) is 5.73 Å². The molecule has 3 aliphatic carbocycles. The van der Waals surface area contributed by atoms with Gasteiger partial charge in [-0.25, -0.2) is 0 Å². The minimum atomic E-state index is -3.02. The molecule has 0 unspecified atom stereocenters. The van der Waals surface area contributed by atoms with Crippen LogP contribution in [0.5, 0.6) is 5.75 Å². The van der Waals surface area contributed by atoms with Gasteiger partial charge in [-0.1, -0.05) is 12.1 Å². The average Bonchev–Trinajstić information content (AvgIpc) is 2.70. The predicted molar refractivity (Wildman–Crippen MR) is 127 cm³/mol. The fraction of sp³-hybridized carbons (Fsp3) is 0.409. The van der Waals surface area contributed by atoms with E-state index in [-0.39, 0.29) is 45.1 Å². The molecule has 1 aromatic rings. The van der Waals surface area contributed by atoms with Crippen LogP contribution in [0.1, 0.15) is 22.8 Å². The Hall–Kier alpha value is -2.56. The molecule has 6 atom stereocenters. The van der Waals surface area contributed by atoms with Crippen LogP contribution < -0.4 is 5.73 Å². The Morgan fingerprint density at radius 1 is 1.08 bits per heavy atom. The number of nitrogens with zero attached hydrogens (tertiary/aromatic N) is 1. The second kappa shape index (κ2) is 9.72. The summed E-state index contributed by atoms with van der Waals surface area (Å²) < 4.78 is 0. The number of phenols is 1. The molecule has 0 fully saturated rings. The molecule has 0 bridgehead atoms. The zero-order chi connectivity index (χ0) is 24.8. The Labute approximate surface area is 220 Å². The molecular formula is C22H30MgN2O11. The van der Waals surface area contributed by atoms with E-state index < -0.39 is 81.1 Å². The molecule has 14 heteroatoms. The number of rotatable bonds is 2. The highest BCUT2D eigenvalue weighted by atomic mass is 24.3. The first kappa shape index (κ1) is 31.5. The Morgan fingerprint density at radius 3 is 2.14 bits per heavy atom. The Morgan fingerprint density at radius 2 is 1.64 bits per heavy atom. The van der Waals surface area contributed by atoms with E-state index in [1.54, 1.807) is 0 Å². The number of hydrogen-bond donors (Lipinski definition) is 7. The number of amides is 1. The van der Waals surface area contributed by atoms with Gasteiger partial charge in [0.05, 0.1) is 40.7 Å². The number of carbonyl (C=O) groups is 3. The number of aromatic hydroxyl groups is 1. The Kier molecular flexibility index (Phi) is 8.49. The number of aliphatic hydroxyl groups excluding tert-OH is 3. The van der Waals surface area contributed by atoms with Gasteiger partial charge >= 0.3 is 23.1 Å². The highest BCUT2D eigenvalue weighted by Crippen LogP contribution is 2.56. The van der Waals surface area contributed by atoms with Gasteiger partial charge in [0.2, 0.25) is 5.78 Å². The van der Waals surface area contributed by atoms with Crippen LogP contribution >= 0.6 is 0 Å². The fourth-order valence-electron chi connectivity index (χ4n) is 5.60. The second-order valence-corrected chi connectivity index (χ2v) is 9.06. The number of Topliss-reactive ketones (excluding diaryl/α,β-unsaturated/α-hetero) is 2. The first-order chi connectivity index (χ1) is 15.2. The van der Waals surface area contributed by atoms with Crippen LogP contribution in [0.15, 0.2) is 40.9 Å². The van der Waals surface area contributed by atoms with Crippen molar-refractivity contribution in [3.8, 4) is 5.75 Å². The van der Waals surface area contributed by atoms with E-state index in [1.807, 2.05) is 0 Å². The summed E-state index contributed by atoms with van der Waals surface area (Å²) >= 11 is 0. The number of phenolic OH excluding ortho intramolecular Hbond substituents is 1. The zero-order valence-corrected chi connectivity index (χ0v) is 19.0. The summed E-state index contributed by atoms with van der Waals surface area (Å²) in [6, 6.07) is 2.54. The van der Waals surface area contributed by atoms with Crippen molar-refractivity contribution in [3.63, 3.8) is 0 Å². The van der Waals surface area contributed by atoms with Gasteiger partial charge in [0.15, 0.2) is 11.4 Å². The average molecular weight is 523 g/mol. The van der Waals surface area contributed by atoms with Crippen LogP contribution in [-0.4, -0.2) is 119 Å². The van der Waals surface area contributed by atoms with Gasteiger partial charge < -0.3 is 47.3 Å². The number of hydrogen-bond acceptors (Lipinski definition) is 10. The molecule has 13 nitrogen and oxygen atoms in total. The SMILES string of the molecule is CN(C)[C@@H]1C(O)=C(C(N)=O)C(=O)[C@@]2(O)C(O)=C3C(=O)c4c(O)cccc4[C@@](C)(O)[C@H]3[C@H](O)[C@@H]12.O.O.[MgH2]. The minimum absolute atomic E-state index is 0. The third-order valence-electron chi connectivity index (χ3n) is 7.04. The summed E-state index contributed by atoms with van der Waals surface area (Å²) in [6.45, 7) is 1.25. The molecule has 1 aromatic carbocycles. The van der Waals surface area contributed by atoms with E-state index in [9.17, 15) is 45.0 Å². The molecule has 0 spiro atoms. The van der Waals surface area contributed by atoms with Crippen LogP contribution in [0.4, 0.5) is 0 Å². The highest BCUT2D eigenvalue weighted by Gasteiger charge is 2.69. The maximum absolute atomic E-state index is 13.3. The first-order valence-electron chi connectivity index (χ1n) is 10.1. The molecule has 4 rings (SSSR count). The molecule has 0 saturated carbocycles. The van der Waals surface area contributed by atoms with Gasteiger partial charge in [-0.15, -0.1) is 0 Å². The number of ketones is 2. The normalized spacial score (nSPS) is 33.0. The smallest absolute Gasteiger partial charge is 0.316 e. The summed E-state index contributed by atoms with van der Waals surface area (Å²) in [4.78, 5) is 39.8. The molecule has 0 aliphatic heterocycles. The predicted octanol–water partition coefficient (Wildman–Crippen LogP) is -3.81. The van der Waals surface area contributed by atoms with Gasteiger partial charge in [-0.2, -0.15) is 0 Å². The van der Waals surface area contributed by atoms with Crippen LogP contribution in [0.2, 0.25) is 0 Å². The largest absolute Gasteiger partial charge is 0.510 e. The van der Waals surface area contributed by atoms with E-state index in [0.29, 0.717) is 0 Å². The van der Waals surface area contributed by atoms with Gasteiger partial charge in [0, 0.05) is 0 Å². The summed E-state index contributed by atoms with van der Waals surface area (Å²) in [5.74, 6) is -9.66. The first-order valence-corrected chi connectivity index (χ1v) is 10.1. The van der Waals surface area contributed by atoms with Crippen molar-refractivity contribution in [3.05, 3.63) is 52.0 Å². The molecule has 0 heterocycles. The van der Waals surface area contributed by atoms with E-state index >= 15 is 0 Å². The molecule has 36 heavy (non-hydrogen) atoms. The van der Waals surface area contributed by atoms with Gasteiger partial charge in [0.1, 0.15) is 22.8 Å². The van der Waals surface area contributed by atoms with Gasteiger partial charge in [-0.3, -0.25) is 19.3 Å². The van der Waals surface area contributed by atoms with Crippen molar-refractivity contribution in [2.24, 2.45) is 17.6 Å². The molecule has 0 radical (unpaired) electrons. The van der Waals surface area contributed by atoms with Crippen LogP contribution in [-0.2, 0) is 15.2 Å². The Balaban J connectivity index is 0.00000216. The van der Waals surface area contributed by atoms with Crippen molar-refractivity contribution >= 4 is 40.5 Å². The third-order valence-corrected chi connectivity index (χ3v) is 7.04. The number of likely N-dealkylation sites (N-methyl/N-ethyl adjacent to an activating group) is 1. The summed E-state index contributed by atoms with van der Waals surface area (Å²) in [6.07, 6.45) is -1.87. The van der Waals surface area contributed by atoms with Crippen LogP contribution in [0.3, 0.4) is 0 Å². The monoisotopic (exact) mass is 522 g/mol. The third kappa shape index (κ3) is 3.64. The standard InChI is InChI=1S/C22H24N2O9.Mg.2H2O.2H/c1-21(32)7-5-4-6-8(25)9(7)15(26)10-12(21)17(28)13-14(24(2)3)16(27)11(20(23)31)19(30)22(13,33)18(10)29;;;;;/h4-6,12-14,17,25,27-29,32-33H,1-3H3,(H2,23,31);;2*1H2;;/t12-,13-,14+,17+,21-,22+;;;;;/m1...../s1. The maximum Gasteiger partial charge on any atom is 0.316 e. The van der Waals surface area contributed by atoms with Crippen LogP contribution in [0.25, 0.3) is 0 Å². The topological polar surface area (TPSA) is 265 Å². The van der Waals surface area contributed by atoms with Gasteiger partial charge in [-0.05, 0) is 32.6 Å². The lowest BCUT2D eigenvalue weighted by molar-refractivity contribution is -0.173. The number of benzene rings is 1. The second-order valence-electron chi connectivity index (χ2n) is 9.06. The van der Waals surface area contributed by atoms with Crippen LogP contribution in [0, 0.1) is 11.8 Å². The Bertz CT molecular complexity index is 1190. The lowest BCUT2D eigenvalue weighted by Gasteiger charge is -2.55. The minimum Gasteiger partial charge on any atom is -0.510 e. The molecule has 0 saturated heterocycles. The van der Waals surface area contributed by atoms with Crippen molar-refractivity contribution < 1.29 is 56.0 Å². The van der Waals surface area contributed by atoms with E-state index in [0.717, 1.165) is 0 Å². The molecule has 12 N–H and O–H groups in total. The number of fused-ring (bicyclic) bond motifs is 3. The maximum atomic E-state index is 13.3. The molecule has 196 valence electrons. The fourth-order valence-corrected chi connectivity index (χ4v) is 5.60. The number of carbonyl (C=O) groups excluding carboxylic acids is 3. The van der Waals surface area contributed by atoms with Crippen molar-refractivity contribution in [2.45, 2.75) is 30.3 Å². The summed E-state index contributed by atoms with van der Waals surface area (Å²) in [7, 11) is 2.85. The lowest BCUT2D eigenvalue weighted by Crippen LogP contribution is -2.70. The van der Waals surface area contributed by atoms with Crippen molar-refractivity contribution in [2.75, 3.05) is 14.1 Å². The van der Waals surface area contributed by atoms with E-state index in [1.165, 1.54) is 44.1 Å². The highest BCUT2D eigenvalue weighted by molar-refractivity contribution is 6.25. The number of primary amides is 1. The molecule has 0 aromatic heterocycles. The molecule has 1 amide bonds. The molecular weight excluding hydrogens is 493 g/mol. The van der Waals surface area contributed by atoms with Crippen molar-refractivity contribution in [1.82, 2.24) is 4.90 Å². The van der Waals surface area contributed by atoms with Gasteiger partial charge in [0.25, 0.3) is 5.91 Å². The van der Waals surface area contributed by atoms with Crippen molar-refractivity contribution in [1.29, 1.82) is 0 Å². The van der Waals surface area contributed by atoms with E-state index in [2.05, 4.69) is 0 Å².